The van der Waals surface area contributed by atoms with E-state index < -0.39 is 22.1 Å². The number of hydrogen-bond donors (Lipinski definition) is 1. The third-order valence-corrected chi connectivity index (χ3v) is 5.46. The molecule has 31 heavy (non-hydrogen) atoms. The van der Waals surface area contributed by atoms with Gasteiger partial charge in [0.1, 0.15) is 16.2 Å². The highest BCUT2D eigenvalue weighted by molar-refractivity contribution is 8.00. The molecule has 0 aliphatic carbocycles. The van der Waals surface area contributed by atoms with Gasteiger partial charge in [-0.1, -0.05) is 31.7 Å². The van der Waals surface area contributed by atoms with Crippen molar-refractivity contribution in [2.45, 2.75) is 24.8 Å². The lowest BCUT2D eigenvalue weighted by Gasteiger charge is -2.13. The van der Waals surface area contributed by atoms with E-state index >= 15 is 0 Å². The van der Waals surface area contributed by atoms with Gasteiger partial charge in [-0.3, -0.25) is 28.8 Å². The van der Waals surface area contributed by atoms with Gasteiger partial charge in [-0.15, -0.1) is 0 Å². The van der Waals surface area contributed by atoms with Gasteiger partial charge in [0.05, 0.1) is 10.7 Å². The van der Waals surface area contributed by atoms with Crippen molar-refractivity contribution in [2.75, 3.05) is 11.1 Å². The molecule has 1 N–H and O–H groups in total. The van der Waals surface area contributed by atoms with Crippen LogP contribution in [0.2, 0.25) is 0 Å². The van der Waals surface area contributed by atoms with Crippen LogP contribution in [0.25, 0.3) is 11.0 Å². The standard InChI is InChI=1S/C19H20N6O5S/c1-10(2)15-21-16-14(18(27)24(4)19(28)23(16)3)17(22-15)31-9-13(26)20-11-6-5-7-12(8-11)25(29)30/h5-8,10H,9H2,1-4H3,(H,20,26). The van der Waals surface area contributed by atoms with E-state index in [0.717, 1.165) is 16.3 Å². The average molecular weight is 444 g/mol. The zero-order valence-electron chi connectivity index (χ0n) is 17.3. The van der Waals surface area contributed by atoms with Gasteiger partial charge < -0.3 is 5.32 Å². The van der Waals surface area contributed by atoms with E-state index in [1.165, 1.54) is 42.9 Å². The second-order valence-electron chi connectivity index (χ2n) is 7.09. The first-order chi connectivity index (χ1) is 14.6. The number of hydrogen-bond acceptors (Lipinski definition) is 8. The Labute approximate surface area is 180 Å². The maximum atomic E-state index is 12.7. The summed E-state index contributed by atoms with van der Waals surface area (Å²) in [5, 5.41) is 13.9. The summed E-state index contributed by atoms with van der Waals surface area (Å²) in [7, 11) is 2.88. The molecular weight excluding hydrogens is 424 g/mol. The van der Waals surface area contributed by atoms with E-state index in [2.05, 4.69) is 15.3 Å². The number of nitro groups is 1. The Hall–Kier alpha value is -3.54. The van der Waals surface area contributed by atoms with Crippen LogP contribution in [-0.2, 0) is 18.9 Å². The first kappa shape index (κ1) is 22.2. The third-order valence-electron chi connectivity index (χ3n) is 4.48. The van der Waals surface area contributed by atoms with Gasteiger partial charge in [0.25, 0.3) is 11.2 Å². The molecular formula is C19H20N6O5S. The van der Waals surface area contributed by atoms with E-state index in [1.807, 2.05) is 13.8 Å². The molecule has 1 amide bonds. The Balaban J connectivity index is 1.94. The van der Waals surface area contributed by atoms with Crippen LogP contribution in [0.5, 0.6) is 0 Å². The van der Waals surface area contributed by atoms with Crippen LogP contribution in [0.3, 0.4) is 0 Å². The zero-order chi connectivity index (χ0) is 22.9. The van der Waals surface area contributed by atoms with Crippen molar-refractivity contribution in [3.63, 3.8) is 0 Å². The van der Waals surface area contributed by atoms with Crippen LogP contribution in [0.4, 0.5) is 11.4 Å². The SMILES string of the molecule is CC(C)c1nc(SCC(=O)Nc2cccc([N+](=O)[O-])c2)c2c(=O)n(C)c(=O)n(C)c2n1. The molecule has 0 fully saturated rings. The van der Waals surface area contributed by atoms with Crippen LogP contribution < -0.4 is 16.6 Å². The number of aryl methyl sites for hydroxylation is 1. The molecule has 0 saturated carbocycles. The van der Waals surface area contributed by atoms with Crippen molar-refractivity contribution in [3.8, 4) is 0 Å². The van der Waals surface area contributed by atoms with Crippen LogP contribution in [0, 0.1) is 10.1 Å². The summed E-state index contributed by atoms with van der Waals surface area (Å²) in [4.78, 5) is 56.6. The van der Waals surface area contributed by atoms with Crippen molar-refractivity contribution in [3.05, 3.63) is 61.0 Å². The van der Waals surface area contributed by atoms with E-state index in [0.29, 0.717) is 10.9 Å². The smallest absolute Gasteiger partial charge is 0.325 e. The van der Waals surface area contributed by atoms with E-state index in [9.17, 15) is 24.5 Å². The predicted molar refractivity (Wildman–Crippen MR) is 117 cm³/mol. The summed E-state index contributed by atoms with van der Waals surface area (Å²) in [6.45, 7) is 3.76. The molecule has 11 nitrogen and oxygen atoms in total. The summed E-state index contributed by atoms with van der Waals surface area (Å²) >= 11 is 1.03. The number of anilines is 1. The molecule has 162 valence electrons. The fourth-order valence-corrected chi connectivity index (χ4v) is 3.66. The molecule has 0 radical (unpaired) electrons. The summed E-state index contributed by atoms with van der Waals surface area (Å²) < 4.78 is 2.24. The molecule has 2 heterocycles. The number of benzene rings is 1. The highest BCUT2D eigenvalue weighted by Crippen LogP contribution is 2.25. The minimum atomic E-state index is -0.551. The second kappa shape index (κ2) is 8.68. The molecule has 3 rings (SSSR count). The first-order valence-corrected chi connectivity index (χ1v) is 10.2. The Kier molecular flexibility index (Phi) is 6.20. The summed E-state index contributed by atoms with van der Waals surface area (Å²) in [6, 6.07) is 5.59. The van der Waals surface area contributed by atoms with Gasteiger partial charge in [0.15, 0.2) is 5.65 Å². The van der Waals surface area contributed by atoms with Crippen LogP contribution >= 0.6 is 11.8 Å². The highest BCUT2D eigenvalue weighted by atomic mass is 32.2. The Morgan fingerprint density at radius 1 is 1.23 bits per heavy atom. The molecule has 3 aromatic rings. The van der Waals surface area contributed by atoms with Crippen molar-refractivity contribution in [1.29, 1.82) is 0 Å². The Morgan fingerprint density at radius 2 is 1.94 bits per heavy atom. The Bertz CT molecular complexity index is 1310. The summed E-state index contributed by atoms with van der Waals surface area (Å²) in [5.41, 5.74) is -0.708. The highest BCUT2D eigenvalue weighted by Gasteiger charge is 2.19. The molecule has 0 aliphatic heterocycles. The predicted octanol–water partition coefficient (Wildman–Crippen LogP) is 1.79. The number of non-ortho nitro benzene ring substituents is 1. The van der Waals surface area contributed by atoms with Crippen LogP contribution in [0.15, 0.2) is 38.9 Å². The van der Waals surface area contributed by atoms with Gasteiger partial charge in [-0.25, -0.2) is 14.8 Å². The molecule has 0 saturated heterocycles. The lowest BCUT2D eigenvalue weighted by Crippen LogP contribution is -2.38. The van der Waals surface area contributed by atoms with E-state index in [-0.39, 0.29) is 34.1 Å². The van der Waals surface area contributed by atoms with Crippen LogP contribution in [-0.4, -0.2) is 35.7 Å². The van der Waals surface area contributed by atoms with Crippen LogP contribution in [0.1, 0.15) is 25.6 Å². The fraction of sp³-hybridized carbons (Fsp3) is 0.316. The van der Waals surface area contributed by atoms with E-state index in [1.54, 1.807) is 0 Å². The lowest BCUT2D eigenvalue weighted by molar-refractivity contribution is -0.384. The number of rotatable bonds is 6. The van der Waals surface area contributed by atoms with Crippen molar-refractivity contribution >= 4 is 40.1 Å². The molecule has 0 unspecified atom stereocenters. The first-order valence-electron chi connectivity index (χ1n) is 9.25. The maximum Gasteiger partial charge on any atom is 0.332 e. The number of nitrogens with zero attached hydrogens (tertiary/aromatic N) is 5. The minimum Gasteiger partial charge on any atom is -0.325 e. The monoisotopic (exact) mass is 444 g/mol. The van der Waals surface area contributed by atoms with Gasteiger partial charge in [-0.05, 0) is 6.07 Å². The summed E-state index contributed by atoms with van der Waals surface area (Å²) in [5.74, 6) is -0.151. The maximum absolute atomic E-state index is 12.7. The average Bonchev–Trinajstić information content (AvgIpc) is 2.74. The lowest BCUT2D eigenvalue weighted by atomic mass is 10.2. The molecule has 0 atom stereocenters. The number of nitrogens with one attached hydrogen (secondary N) is 1. The quantitative estimate of drug-likeness (QED) is 0.262. The number of carbonyl (C=O) groups is 1. The fourth-order valence-electron chi connectivity index (χ4n) is 2.84. The summed E-state index contributed by atoms with van der Waals surface area (Å²) in [6.07, 6.45) is 0. The minimum absolute atomic E-state index is 0.0680. The number of carbonyl (C=O) groups excluding carboxylic acids is 1. The molecule has 12 heteroatoms. The number of aromatic nitrogens is 4. The van der Waals surface area contributed by atoms with Gasteiger partial charge in [0.2, 0.25) is 5.91 Å². The van der Waals surface area contributed by atoms with Gasteiger partial charge in [-0.2, -0.15) is 0 Å². The third kappa shape index (κ3) is 4.48. The number of amides is 1. The number of nitro benzene ring substituents is 1. The topological polar surface area (TPSA) is 142 Å². The van der Waals surface area contributed by atoms with Gasteiger partial charge >= 0.3 is 5.69 Å². The van der Waals surface area contributed by atoms with Gasteiger partial charge in [0, 0.05) is 37.8 Å². The second-order valence-corrected chi connectivity index (χ2v) is 8.05. The molecule has 0 bridgehead atoms. The normalized spacial score (nSPS) is 11.1. The number of fused-ring (bicyclic) bond motifs is 1. The molecule has 0 spiro atoms. The Morgan fingerprint density at radius 3 is 2.58 bits per heavy atom. The van der Waals surface area contributed by atoms with Crippen molar-refractivity contribution < 1.29 is 9.72 Å². The number of thioether (sulfide) groups is 1. The molecule has 2 aromatic heterocycles. The van der Waals surface area contributed by atoms with Crippen molar-refractivity contribution in [2.24, 2.45) is 14.1 Å². The largest absolute Gasteiger partial charge is 0.332 e. The molecule has 1 aromatic carbocycles. The molecule has 0 aliphatic rings. The van der Waals surface area contributed by atoms with E-state index in [4.69, 9.17) is 0 Å². The zero-order valence-corrected chi connectivity index (χ0v) is 18.1. The van der Waals surface area contributed by atoms with Crippen molar-refractivity contribution in [1.82, 2.24) is 19.1 Å².